The summed E-state index contributed by atoms with van der Waals surface area (Å²) < 4.78 is 36.8. The van der Waals surface area contributed by atoms with E-state index in [1.807, 2.05) is 7.05 Å². The number of likely N-dealkylation sites (N-methyl/N-ethyl adjacent to an activating group) is 1. The molecular formula is C20H23F2N3O3. The Bertz CT molecular complexity index is 1010. The summed E-state index contributed by atoms with van der Waals surface area (Å²) in [5, 5.41) is -0.182. The third kappa shape index (κ3) is 3.17. The number of piperazine rings is 1. The van der Waals surface area contributed by atoms with Crippen molar-refractivity contribution in [3.8, 4) is 0 Å². The molecule has 0 N–H and O–H groups in total. The number of nitrogens with zero attached hydrogens (tertiary/aromatic N) is 3. The van der Waals surface area contributed by atoms with E-state index in [1.165, 1.54) is 23.9 Å². The highest BCUT2D eigenvalue weighted by Crippen LogP contribution is 2.33. The Morgan fingerprint density at radius 2 is 1.89 bits per heavy atom. The summed E-state index contributed by atoms with van der Waals surface area (Å²) in [6.45, 7) is 9.01. The normalized spacial score (nSPS) is 15.1. The molecule has 150 valence electrons. The van der Waals surface area contributed by atoms with Gasteiger partial charge in [-0.3, -0.25) is 4.79 Å². The van der Waals surface area contributed by atoms with Gasteiger partial charge in [0.15, 0.2) is 11.6 Å². The van der Waals surface area contributed by atoms with Gasteiger partial charge in [0.05, 0.1) is 17.5 Å². The van der Waals surface area contributed by atoms with Crippen LogP contribution in [0.5, 0.6) is 0 Å². The molecule has 1 aliphatic heterocycles. The fraction of sp³-hybridized carbons (Fsp3) is 0.400. The first-order chi connectivity index (χ1) is 13.3. The molecule has 8 heteroatoms. The summed E-state index contributed by atoms with van der Waals surface area (Å²) in [4.78, 5) is 28.7. The van der Waals surface area contributed by atoms with E-state index in [2.05, 4.69) is 11.5 Å². The highest BCUT2D eigenvalue weighted by molar-refractivity contribution is 5.96. The number of hydrogen-bond acceptors (Lipinski definition) is 5. The highest BCUT2D eigenvalue weighted by atomic mass is 19.1. The number of carbonyl (C=O) groups is 1. The number of aryl methyl sites for hydroxylation is 1. The average Bonchev–Trinajstić information content (AvgIpc) is 2.67. The molecule has 0 unspecified atom stereocenters. The molecule has 28 heavy (non-hydrogen) atoms. The lowest BCUT2D eigenvalue weighted by Gasteiger charge is -2.35. The molecule has 1 aromatic heterocycles. The summed E-state index contributed by atoms with van der Waals surface area (Å²) in [5.41, 5.74) is -1.30. The first-order valence-corrected chi connectivity index (χ1v) is 9.11. The van der Waals surface area contributed by atoms with Crippen LogP contribution in [0.3, 0.4) is 0 Å². The molecule has 6 nitrogen and oxygen atoms in total. The van der Waals surface area contributed by atoms with E-state index >= 15 is 8.78 Å². The predicted octanol–water partition coefficient (Wildman–Crippen LogP) is 2.62. The minimum atomic E-state index is -0.839. The third-order valence-corrected chi connectivity index (χ3v) is 5.07. The number of fused-ring (bicyclic) bond motifs is 1. The van der Waals surface area contributed by atoms with Gasteiger partial charge < -0.3 is 19.1 Å². The van der Waals surface area contributed by atoms with Crippen molar-refractivity contribution in [3.63, 3.8) is 0 Å². The van der Waals surface area contributed by atoms with Crippen molar-refractivity contribution in [1.82, 2.24) is 9.47 Å². The van der Waals surface area contributed by atoms with Gasteiger partial charge in [-0.05, 0) is 20.9 Å². The molecule has 1 aliphatic rings. The van der Waals surface area contributed by atoms with Crippen LogP contribution in [0.25, 0.3) is 17.1 Å². The summed E-state index contributed by atoms with van der Waals surface area (Å²) in [6, 6.07) is 0. The van der Waals surface area contributed by atoms with Crippen LogP contribution >= 0.6 is 0 Å². The van der Waals surface area contributed by atoms with Gasteiger partial charge >= 0.3 is 5.97 Å². The molecule has 2 heterocycles. The Balaban J connectivity index is 2.32. The van der Waals surface area contributed by atoms with Crippen LogP contribution in [-0.2, 0) is 4.74 Å². The van der Waals surface area contributed by atoms with E-state index in [4.69, 9.17) is 4.74 Å². The molecule has 0 atom stereocenters. The van der Waals surface area contributed by atoms with Crippen molar-refractivity contribution in [3.05, 3.63) is 45.8 Å². The summed E-state index contributed by atoms with van der Waals surface area (Å²) in [5.74, 6) is -2.47. The van der Waals surface area contributed by atoms with Gasteiger partial charge in [0.1, 0.15) is 11.3 Å². The Morgan fingerprint density at radius 3 is 2.46 bits per heavy atom. The van der Waals surface area contributed by atoms with Crippen molar-refractivity contribution in [2.24, 2.45) is 0 Å². The molecule has 0 saturated carbocycles. The average molecular weight is 391 g/mol. The number of aromatic nitrogens is 1. The smallest absolute Gasteiger partial charge is 0.343 e. The van der Waals surface area contributed by atoms with Crippen LogP contribution in [0.1, 0.15) is 22.8 Å². The lowest BCUT2D eigenvalue weighted by atomic mass is 10.0. The third-order valence-electron chi connectivity index (χ3n) is 5.07. The molecule has 2 aromatic rings. The first kappa shape index (κ1) is 20.0. The second kappa shape index (κ2) is 7.71. The number of anilines is 1. The maximum Gasteiger partial charge on any atom is 0.343 e. The minimum absolute atomic E-state index is 0.00271. The van der Waals surface area contributed by atoms with Crippen LogP contribution in [-0.4, -0.2) is 55.3 Å². The van der Waals surface area contributed by atoms with Crippen LogP contribution in [0.15, 0.2) is 17.6 Å². The number of ether oxygens (including phenoxy) is 1. The Morgan fingerprint density at radius 1 is 1.25 bits per heavy atom. The van der Waals surface area contributed by atoms with Gasteiger partial charge in [-0.2, -0.15) is 0 Å². The zero-order valence-corrected chi connectivity index (χ0v) is 16.2. The molecule has 1 aromatic carbocycles. The Labute approximate surface area is 161 Å². The molecule has 0 radical (unpaired) electrons. The molecule has 0 aliphatic carbocycles. The molecule has 1 fully saturated rings. The van der Waals surface area contributed by atoms with Crippen LogP contribution in [0.2, 0.25) is 0 Å². The van der Waals surface area contributed by atoms with Gasteiger partial charge in [0, 0.05) is 44.1 Å². The summed E-state index contributed by atoms with van der Waals surface area (Å²) >= 11 is 0. The number of pyridine rings is 1. The fourth-order valence-electron chi connectivity index (χ4n) is 3.51. The fourth-order valence-corrected chi connectivity index (χ4v) is 3.51. The Hall–Kier alpha value is -2.74. The summed E-state index contributed by atoms with van der Waals surface area (Å²) in [7, 11) is 1.95. The lowest BCUT2D eigenvalue weighted by molar-refractivity contribution is 0.0524. The Kier molecular flexibility index (Phi) is 5.51. The molecule has 0 amide bonds. The van der Waals surface area contributed by atoms with Crippen LogP contribution < -0.4 is 10.3 Å². The molecule has 0 bridgehead atoms. The van der Waals surface area contributed by atoms with Gasteiger partial charge in [0.25, 0.3) is 0 Å². The van der Waals surface area contributed by atoms with Crippen molar-refractivity contribution in [2.45, 2.75) is 13.8 Å². The lowest BCUT2D eigenvalue weighted by Crippen LogP contribution is -2.45. The van der Waals surface area contributed by atoms with Crippen molar-refractivity contribution >= 4 is 28.8 Å². The number of halogens is 2. The van der Waals surface area contributed by atoms with E-state index < -0.39 is 23.0 Å². The van der Waals surface area contributed by atoms with E-state index in [0.717, 1.165) is 0 Å². The van der Waals surface area contributed by atoms with E-state index in [0.29, 0.717) is 26.2 Å². The van der Waals surface area contributed by atoms with Crippen LogP contribution in [0, 0.1) is 18.6 Å². The number of hydrogen-bond donors (Lipinski definition) is 0. The standard InChI is InChI=1S/C20H23F2N3O3/c1-5-24-11-13(20(27)28-6-2)19(26)14-12(3)15(21)18(16(22)17(14)24)25-9-7-23(4)8-10-25/h5,11H,1,6-10H2,2-4H3. The zero-order chi connectivity index (χ0) is 20.6. The van der Waals surface area contributed by atoms with Crippen molar-refractivity contribution < 1.29 is 18.3 Å². The molecule has 3 rings (SSSR count). The van der Waals surface area contributed by atoms with Crippen molar-refractivity contribution in [2.75, 3.05) is 44.7 Å². The van der Waals surface area contributed by atoms with Gasteiger partial charge in [-0.15, -0.1) is 0 Å². The summed E-state index contributed by atoms with van der Waals surface area (Å²) in [6.07, 6.45) is 2.46. The predicted molar refractivity (Wildman–Crippen MR) is 105 cm³/mol. The largest absolute Gasteiger partial charge is 0.462 e. The molecule has 1 saturated heterocycles. The van der Waals surface area contributed by atoms with Gasteiger partial charge in [-0.25, -0.2) is 13.6 Å². The maximum absolute atomic E-state index is 15.5. The molecule has 0 spiro atoms. The van der Waals surface area contributed by atoms with E-state index in [-0.39, 0.29) is 34.3 Å². The van der Waals surface area contributed by atoms with E-state index in [1.54, 1.807) is 11.8 Å². The van der Waals surface area contributed by atoms with Crippen LogP contribution in [0.4, 0.5) is 14.5 Å². The number of benzene rings is 1. The number of carbonyl (C=O) groups excluding carboxylic acids is 1. The van der Waals surface area contributed by atoms with Gasteiger partial charge in [0.2, 0.25) is 5.43 Å². The second-order valence-electron chi connectivity index (χ2n) is 6.80. The maximum atomic E-state index is 15.5. The highest BCUT2D eigenvalue weighted by Gasteiger charge is 2.28. The number of esters is 1. The zero-order valence-electron chi connectivity index (χ0n) is 16.2. The van der Waals surface area contributed by atoms with Crippen molar-refractivity contribution in [1.29, 1.82) is 0 Å². The SMILES string of the molecule is C=Cn1cc(C(=O)OCC)c(=O)c2c(C)c(F)c(N3CCN(C)CC3)c(F)c21. The molecular weight excluding hydrogens is 368 g/mol. The minimum Gasteiger partial charge on any atom is -0.462 e. The van der Waals surface area contributed by atoms with Gasteiger partial charge in [-0.1, -0.05) is 6.58 Å². The number of rotatable bonds is 4. The monoisotopic (exact) mass is 391 g/mol. The quantitative estimate of drug-likeness (QED) is 0.750. The first-order valence-electron chi connectivity index (χ1n) is 9.11. The second-order valence-corrected chi connectivity index (χ2v) is 6.80. The topological polar surface area (TPSA) is 54.8 Å². The van der Waals surface area contributed by atoms with E-state index in [9.17, 15) is 9.59 Å².